The molecule has 146 valence electrons. The summed E-state index contributed by atoms with van der Waals surface area (Å²) in [5, 5.41) is 8.97. The van der Waals surface area contributed by atoms with Crippen LogP contribution in [-0.2, 0) is 23.0 Å². The maximum Gasteiger partial charge on any atom is 0.264 e. The van der Waals surface area contributed by atoms with E-state index in [0.29, 0.717) is 16.4 Å². The third-order valence-electron chi connectivity index (χ3n) is 4.70. The lowest BCUT2D eigenvalue weighted by molar-refractivity contribution is 0.570. The molecule has 0 amide bonds. The zero-order valence-corrected chi connectivity index (χ0v) is 16.5. The molecule has 3 aromatic rings. The third kappa shape index (κ3) is 3.62. The van der Waals surface area contributed by atoms with Crippen molar-refractivity contribution in [2.24, 2.45) is 0 Å². The van der Waals surface area contributed by atoms with E-state index in [1.54, 1.807) is 12.1 Å². The van der Waals surface area contributed by atoms with Crippen molar-refractivity contribution in [3.05, 3.63) is 59.1 Å². The van der Waals surface area contributed by atoms with Gasteiger partial charge in [-0.1, -0.05) is 30.2 Å². The second kappa shape index (κ2) is 7.52. The highest BCUT2D eigenvalue weighted by molar-refractivity contribution is 7.92. The van der Waals surface area contributed by atoms with Crippen LogP contribution in [0.25, 0.3) is 11.4 Å². The minimum Gasteiger partial charge on any atom is -0.311 e. The SMILES string of the molecule is O=S(=O)(Nc1ccc(Cl)c(-c2nnc3n2CCCCC3)c1)c1ccccc1F. The molecule has 6 nitrogen and oxygen atoms in total. The first-order chi connectivity index (χ1) is 13.5. The molecule has 0 saturated carbocycles. The first kappa shape index (κ1) is 18.9. The summed E-state index contributed by atoms with van der Waals surface area (Å²) in [5.74, 6) is 0.696. The predicted molar refractivity (Wildman–Crippen MR) is 105 cm³/mol. The smallest absolute Gasteiger partial charge is 0.264 e. The number of aryl methyl sites for hydroxylation is 1. The molecule has 0 atom stereocenters. The average molecular weight is 421 g/mol. The van der Waals surface area contributed by atoms with E-state index in [2.05, 4.69) is 14.9 Å². The van der Waals surface area contributed by atoms with Crippen LogP contribution in [0, 0.1) is 5.82 Å². The van der Waals surface area contributed by atoms with Gasteiger partial charge in [0, 0.05) is 24.2 Å². The Balaban J connectivity index is 1.71. The van der Waals surface area contributed by atoms with E-state index >= 15 is 0 Å². The Bertz CT molecular complexity index is 1130. The summed E-state index contributed by atoms with van der Waals surface area (Å²) in [7, 11) is -4.08. The van der Waals surface area contributed by atoms with Crippen LogP contribution in [0.3, 0.4) is 0 Å². The number of halogens is 2. The van der Waals surface area contributed by atoms with E-state index in [-0.39, 0.29) is 5.69 Å². The third-order valence-corrected chi connectivity index (χ3v) is 6.44. The molecule has 1 aliphatic heterocycles. The Kier molecular flexibility index (Phi) is 5.07. The lowest BCUT2D eigenvalue weighted by Crippen LogP contribution is -2.14. The molecule has 9 heteroatoms. The van der Waals surface area contributed by atoms with Gasteiger partial charge in [-0.2, -0.15) is 0 Å². The van der Waals surface area contributed by atoms with Crippen molar-refractivity contribution in [2.75, 3.05) is 4.72 Å². The number of fused-ring (bicyclic) bond motifs is 1. The molecular formula is C19H18ClFN4O2S. The molecule has 0 saturated heterocycles. The molecule has 2 aromatic carbocycles. The fourth-order valence-electron chi connectivity index (χ4n) is 3.32. The minimum atomic E-state index is -4.08. The van der Waals surface area contributed by atoms with Crippen molar-refractivity contribution in [1.82, 2.24) is 14.8 Å². The van der Waals surface area contributed by atoms with Crippen molar-refractivity contribution in [3.8, 4) is 11.4 Å². The highest BCUT2D eigenvalue weighted by Crippen LogP contribution is 2.32. The molecule has 1 aromatic heterocycles. The summed E-state index contributed by atoms with van der Waals surface area (Å²) in [6.45, 7) is 0.791. The van der Waals surface area contributed by atoms with Crippen LogP contribution < -0.4 is 4.72 Å². The highest BCUT2D eigenvalue weighted by atomic mass is 35.5. The van der Waals surface area contributed by atoms with Crippen LogP contribution in [0.1, 0.15) is 25.1 Å². The van der Waals surface area contributed by atoms with Gasteiger partial charge in [-0.15, -0.1) is 10.2 Å². The first-order valence-electron chi connectivity index (χ1n) is 8.95. The van der Waals surface area contributed by atoms with Crippen LogP contribution in [0.5, 0.6) is 0 Å². The summed E-state index contributed by atoms with van der Waals surface area (Å²) in [4.78, 5) is -0.414. The molecule has 0 bridgehead atoms. The van der Waals surface area contributed by atoms with Crippen LogP contribution in [0.4, 0.5) is 10.1 Å². The van der Waals surface area contributed by atoms with E-state index in [1.807, 2.05) is 4.57 Å². The molecule has 0 unspecified atom stereocenters. The number of rotatable bonds is 4. The van der Waals surface area contributed by atoms with Gasteiger partial charge in [-0.3, -0.25) is 4.72 Å². The molecule has 4 rings (SSSR count). The summed E-state index contributed by atoms with van der Waals surface area (Å²) < 4.78 is 43.5. The van der Waals surface area contributed by atoms with Gasteiger partial charge in [0.25, 0.3) is 10.0 Å². The second-order valence-corrected chi connectivity index (χ2v) is 8.69. The largest absolute Gasteiger partial charge is 0.311 e. The van der Waals surface area contributed by atoms with E-state index in [4.69, 9.17) is 11.6 Å². The van der Waals surface area contributed by atoms with Gasteiger partial charge in [0.1, 0.15) is 16.5 Å². The standard InChI is InChI=1S/C19H18ClFN4O2S/c20-15-10-9-13(24-28(26,27)17-7-4-3-6-16(17)21)12-14(15)19-23-22-18-8-2-1-5-11-25(18)19/h3-4,6-7,9-10,12,24H,1-2,5,8,11H2. The van der Waals surface area contributed by atoms with Crippen molar-refractivity contribution in [2.45, 2.75) is 37.1 Å². The molecular weight excluding hydrogens is 403 g/mol. The van der Waals surface area contributed by atoms with Crippen molar-refractivity contribution in [3.63, 3.8) is 0 Å². The first-order valence-corrected chi connectivity index (χ1v) is 10.8. The van der Waals surface area contributed by atoms with Crippen LogP contribution >= 0.6 is 11.6 Å². The molecule has 0 spiro atoms. The molecule has 0 fully saturated rings. The van der Waals surface area contributed by atoms with Gasteiger partial charge in [0.2, 0.25) is 0 Å². The van der Waals surface area contributed by atoms with Gasteiger partial charge in [-0.05, 0) is 43.2 Å². The number of anilines is 1. The average Bonchev–Trinajstić information content (AvgIpc) is 2.91. The quantitative estimate of drug-likeness (QED) is 0.684. The fraction of sp³-hybridized carbons (Fsp3) is 0.263. The van der Waals surface area contributed by atoms with Crippen LogP contribution in [-0.4, -0.2) is 23.2 Å². The van der Waals surface area contributed by atoms with E-state index in [9.17, 15) is 12.8 Å². The Morgan fingerprint density at radius 3 is 2.71 bits per heavy atom. The van der Waals surface area contributed by atoms with E-state index in [0.717, 1.165) is 44.1 Å². The molecule has 28 heavy (non-hydrogen) atoms. The summed E-state index contributed by atoms with van der Waals surface area (Å²) in [6, 6.07) is 9.95. The lowest BCUT2D eigenvalue weighted by Gasteiger charge is -2.12. The number of hydrogen-bond donors (Lipinski definition) is 1. The lowest BCUT2D eigenvalue weighted by atomic mass is 10.2. The molecule has 1 aliphatic rings. The normalized spacial score (nSPS) is 14.4. The van der Waals surface area contributed by atoms with Crippen molar-refractivity contribution >= 4 is 27.3 Å². The Labute approximate surface area is 167 Å². The van der Waals surface area contributed by atoms with Crippen LogP contribution in [0.2, 0.25) is 5.02 Å². The minimum absolute atomic E-state index is 0.272. The Morgan fingerprint density at radius 1 is 1.07 bits per heavy atom. The Hall–Kier alpha value is -2.45. The number of aromatic nitrogens is 3. The van der Waals surface area contributed by atoms with Gasteiger partial charge < -0.3 is 4.57 Å². The van der Waals surface area contributed by atoms with Crippen molar-refractivity contribution < 1.29 is 12.8 Å². The number of nitrogens with one attached hydrogen (secondary N) is 1. The molecule has 0 radical (unpaired) electrons. The van der Waals surface area contributed by atoms with Gasteiger partial charge in [-0.25, -0.2) is 12.8 Å². The summed E-state index contributed by atoms with van der Waals surface area (Å²) >= 11 is 6.37. The summed E-state index contributed by atoms with van der Waals surface area (Å²) in [6.07, 6.45) is 4.06. The predicted octanol–water partition coefficient (Wildman–Crippen LogP) is 4.26. The summed E-state index contributed by atoms with van der Waals surface area (Å²) in [5.41, 5.74) is 0.852. The van der Waals surface area contributed by atoms with E-state index in [1.165, 1.54) is 24.3 Å². The maximum absolute atomic E-state index is 13.9. The van der Waals surface area contributed by atoms with Crippen LogP contribution in [0.15, 0.2) is 47.4 Å². The fourth-order valence-corrected chi connectivity index (χ4v) is 4.65. The monoisotopic (exact) mass is 420 g/mol. The zero-order chi connectivity index (χ0) is 19.7. The van der Waals surface area contributed by atoms with Gasteiger partial charge >= 0.3 is 0 Å². The number of sulfonamides is 1. The topological polar surface area (TPSA) is 76.9 Å². The van der Waals surface area contributed by atoms with Gasteiger partial charge in [0.15, 0.2) is 5.82 Å². The molecule has 2 heterocycles. The molecule has 1 N–H and O–H groups in total. The number of nitrogens with zero attached hydrogens (tertiary/aromatic N) is 3. The molecule has 0 aliphatic carbocycles. The zero-order valence-electron chi connectivity index (χ0n) is 14.9. The maximum atomic E-state index is 13.9. The number of benzene rings is 2. The van der Waals surface area contributed by atoms with Crippen molar-refractivity contribution in [1.29, 1.82) is 0 Å². The Morgan fingerprint density at radius 2 is 1.89 bits per heavy atom. The van der Waals surface area contributed by atoms with Gasteiger partial charge in [0.05, 0.1) is 5.02 Å². The highest BCUT2D eigenvalue weighted by Gasteiger charge is 2.21. The number of hydrogen-bond acceptors (Lipinski definition) is 4. The van der Waals surface area contributed by atoms with E-state index < -0.39 is 20.7 Å². The second-order valence-electron chi connectivity index (χ2n) is 6.63.